The van der Waals surface area contributed by atoms with Crippen LogP contribution in [-0.2, 0) is 6.54 Å². The summed E-state index contributed by atoms with van der Waals surface area (Å²) in [5, 5.41) is 0.385. The summed E-state index contributed by atoms with van der Waals surface area (Å²) in [5.41, 5.74) is 0.590. The zero-order valence-electron chi connectivity index (χ0n) is 11.5. The highest BCUT2D eigenvalue weighted by atomic mass is 16.5. The van der Waals surface area contributed by atoms with Crippen LogP contribution in [0.5, 0.6) is 5.75 Å². The molecule has 0 aliphatic carbocycles. The number of methoxy groups -OCH3 is 1. The molecule has 0 bridgehead atoms. The number of rotatable bonds is 3. The Morgan fingerprint density at radius 1 is 1.05 bits per heavy atom. The molecule has 0 atom stereocenters. The molecule has 1 heterocycles. The van der Waals surface area contributed by atoms with Gasteiger partial charge in [0.25, 0.3) is 5.56 Å². The van der Waals surface area contributed by atoms with Crippen LogP contribution in [0.1, 0.15) is 5.56 Å². The lowest BCUT2D eigenvalue weighted by Crippen LogP contribution is -2.35. The smallest absolute Gasteiger partial charge is 0.329 e. The predicted molar refractivity (Wildman–Crippen MR) is 80.9 cm³/mol. The Balaban J connectivity index is 2.24. The van der Waals surface area contributed by atoms with Gasteiger partial charge in [0.05, 0.1) is 19.2 Å². The van der Waals surface area contributed by atoms with Crippen molar-refractivity contribution in [2.45, 2.75) is 6.54 Å². The zero-order valence-corrected chi connectivity index (χ0v) is 11.5. The summed E-state index contributed by atoms with van der Waals surface area (Å²) in [6.45, 7) is 0.225. The molecular formula is C16H14N2O3. The molecule has 1 N–H and O–H groups in total. The van der Waals surface area contributed by atoms with Crippen LogP contribution in [0.15, 0.2) is 58.1 Å². The van der Waals surface area contributed by atoms with E-state index in [-0.39, 0.29) is 12.1 Å². The molecule has 0 aliphatic rings. The minimum atomic E-state index is -0.426. The molecule has 21 heavy (non-hydrogen) atoms. The van der Waals surface area contributed by atoms with Crippen molar-refractivity contribution in [3.8, 4) is 5.75 Å². The predicted octanol–water partition coefficient (Wildman–Crippen LogP) is 1.75. The van der Waals surface area contributed by atoms with E-state index < -0.39 is 5.69 Å². The van der Waals surface area contributed by atoms with Crippen LogP contribution in [0, 0.1) is 0 Å². The third kappa shape index (κ3) is 2.33. The van der Waals surface area contributed by atoms with Crippen LogP contribution in [0.4, 0.5) is 0 Å². The fourth-order valence-corrected chi connectivity index (χ4v) is 2.35. The number of hydrogen-bond donors (Lipinski definition) is 1. The van der Waals surface area contributed by atoms with Gasteiger partial charge in [-0.2, -0.15) is 0 Å². The molecule has 0 aliphatic heterocycles. The molecule has 0 fully saturated rings. The molecule has 0 spiro atoms. The number of benzene rings is 2. The van der Waals surface area contributed by atoms with Crippen molar-refractivity contribution in [1.29, 1.82) is 0 Å². The Morgan fingerprint density at radius 2 is 1.81 bits per heavy atom. The summed E-state index contributed by atoms with van der Waals surface area (Å²) in [4.78, 5) is 27.4. The number of aromatic amines is 1. The van der Waals surface area contributed by atoms with Gasteiger partial charge in [-0.25, -0.2) is 4.79 Å². The maximum absolute atomic E-state index is 12.6. The fraction of sp³-hybridized carbons (Fsp3) is 0.125. The van der Waals surface area contributed by atoms with Gasteiger partial charge in [-0.3, -0.25) is 9.36 Å². The van der Waals surface area contributed by atoms with Crippen LogP contribution >= 0.6 is 0 Å². The summed E-state index contributed by atoms with van der Waals surface area (Å²) >= 11 is 0. The number of fused-ring (bicyclic) bond motifs is 1. The van der Waals surface area contributed by atoms with E-state index >= 15 is 0 Å². The average Bonchev–Trinajstić information content (AvgIpc) is 2.51. The van der Waals surface area contributed by atoms with Crippen molar-refractivity contribution in [3.63, 3.8) is 0 Å². The second-order valence-electron chi connectivity index (χ2n) is 4.69. The average molecular weight is 282 g/mol. The maximum Gasteiger partial charge on any atom is 0.329 e. The van der Waals surface area contributed by atoms with E-state index in [1.165, 1.54) is 11.7 Å². The number of ether oxygens (including phenoxy) is 1. The monoisotopic (exact) mass is 282 g/mol. The van der Waals surface area contributed by atoms with Gasteiger partial charge in [0, 0.05) is 0 Å². The highest BCUT2D eigenvalue weighted by molar-refractivity contribution is 5.83. The summed E-state index contributed by atoms with van der Waals surface area (Å²) in [6.07, 6.45) is 0. The fourth-order valence-electron chi connectivity index (χ4n) is 2.35. The Labute approximate surface area is 120 Å². The van der Waals surface area contributed by atoms with Gasteiger partial charge in [0.2, 0.25) is 0 Å². The van der Waals surface area contributed by atoms with Crippen LogP contribution in [0.2, 0.25) is 0 Å². The largest absolute Gasteiger partial charge is 0.496 e. The van der Waals surface area contributed by atoms with Crippen molar-refractivity contribution in [3.05, 3.63) is 74.9 Å². The SMILES string of the molecule is COc1cccc2[nH]c(=O)n(Cc3ccccc3)c(=O)c12. The molecule has 0 unspecified atom stereocenters. The summed E-state index contributed by atoms with van der Waals surface area (Å²) < 4.78 is 6.40. The van der Waals surface area contributed by atoms with Gasteiger partial charge < -0.3 is 9.72 Å². The Kier molecular flexibility index (Phi) is 3.31. The molecule has 1 aromatic heterocycles. The number of nitrogens with one attached hydrogen (secondary N) is 1. The summed E-state index contributed by atoms with van der Waals surface area (Å²) in [7, 11) is 1.50. The first kappa shape index (κ1) is 13.2. The van der Waals surface area contributed by atoms with E-state index in [2.05, 4.69) is 4.98 Å². The standard InChI is InChI=1S/C16H14N2O3/c1-21-13-9-5-8-12-14(13)15(19)18(16(20)17-12)10-11-6-3-2-4-7-11/h2-9H,10H2,1H3,(H,17,20). The quantitative estimate of drug-likeness (QED) is 0.796. The molecule has 0 saturated carbocycles. The molecule has 3 aromatic rings. The lowest BCUT2D eigenvalue weighted by Gasteiger charge is -2.09. The third-order valence-electron chi connectivity index (χ3n) is 3.38. The van der Waals surface area contributed by atoms with Crippen LogP contribution in [0.25, 0.3) is 10.9 Å². The maximum atomic E-state index is 12.6. The van der Waals surface area contributed by atoms with E-state index in [9.17, 15) is 9.59 Å². The van der Waals surface area contributed by atoms with Crippen LogP contribution < -0.4 is 16.0 Å². The van der Waals surface area contributed by atoms with Gasteiger partial charge >= 0.3 is 5.69 Å². The normalized spacial score (nSPS) is 10.7. The van der Waals surface area contributed by atoms with Gasteiger partial charge in [-0.15, -0.1) is 0 Å². The molecule has 0 amide bonds. The van der Waals surface area contributed by atoms with Crippen molar-refractivity contribution in [2.24, 2.45) is 0 Å². The lowest BCUT2D eigenvalue weighted by atomic mass is 10.2. The number of nitrogens with zero attached hydrogens (tertiary/aromatic N) is 1. The van der Waals surface area contributed by atoms with Crippen LogP contribution in [0.3, 0.4) is 0 Å². The Bertz CT molecular complexity index is 895. The summed E-state index contributed by atoms with van der Waals surface area (Å²) in [5.74, 6) is 0.454. The van der Waals surface area contributed by atoms with Gasteiger partial charge in [-0.05, 0) is 17.7 Å². The van der Waals surface area contributed by atoms with Crippen molar-refractivity contribution in [2.75, 3.05) is 7.11 Å². The topological polar surface area (TPSA) is 64.1 Å². The zero-order chi connectivity index (χ0) is 14.8. The van der Waals surface area contributed by atoms with Crippen LogP contribution in [-0.4, -0.2) is 16.7 Å². The molecule has 106 valence electrons. The molecule has 5 nitrogen and oxygen atoms in total. The van der Waals surface area contributed by atoms with E-state index in [1.807, 2.05) is 30.3 Å². The minimum Gasteiger partial charge on any atom is -0.496 e. The third-order valence-corrected chi connectivity index (χ3v) is 3.38. The van der Waals surface area contributed by atoms with Crippen molar-refractivity contribution in [1.82, 2.24) is 9.55 Å². The van der Waals surface area contributed by atoms with Gasteiger partial charge in [0.15, 0.2) is 0 Å². The Morgan fingerprint density at radius 3 is 2.52 bits per heavy atom. The van der Waals surface area contributed by atoms with E-state index in [0.717, 1.165) is 5.56 Å². The summed E-state index contributed by atoms with van der Waals surface area (Å²) in [6, 6.07) is 14.5. The molecular weight excluding hydrogens is 268 g/mol. The second kappa shape index (κ2) is 5.28. The molecule has 5 heteroatoms. The minimum absolute atomic E-state index is 0.225. The van der Waals surface area contributed by atoms with Crippen molar-refractivity contribution >= 4 is 10.9 Å². The van der Waals surface area contributed by atoms with E-state index in [4.69, 9.17) is 4.74 Å². The number of H-pyrrole nitrogens is 1. The molecule has 0 radical (unpaired) electrons. The number of hydrogen-bond acceptors (Lipinski definition) is 3. The number of aromatic nitrogens is 2. The van der Waals surface area contributed by atoms with E-state index in [1.54, 1.807) is 18.2 Å². The highest BCUT2D eigenvalue weighted by Gasteiger charge is 2.11. The second-order valence-corrected chi connectivity index (χ2v) is 4.69. The molecule has 3 rings (SSSR count). The molecule has 0 saturated heterocycles. The van der Waals surface area contributed by atoms with E-state index in [0.29, 0.717) is 16.7 Å². The first-order valence-electron chi connectivity index (χ1n) is 6.54. The lowest BCUT2D eigenvalue weighted by molar-refractivity contribution is 0.419. The van der Waals surface area contributed by atoms with Gasteiger partial charge in [0.1, 0.15) is 11.1 Å². The first-order valence-corrected chi connectivity index (χ1v) is 6.54. The molecule has 2 aromatic carbocycles. The highest BCUT2D eigenvalue weighted by Crippen LogP contribution is 2.19. The van der Waals surface area contributed by atoms with Crippen molar-refractivity contribution < 1.29 is 4.74 Å². The van der Waals surface area contributed by atoms with Gasteiger partial charge in [-0.1, -0.05) is 36.4 Å². The first-order chi connectivity index (χ1) is 10.2. The Hall–Kier alpha value is -2.82.